The fourth-order valence-electron chi connectivity index (χ4n) is 1.90. The Labute approximate surface area is 118 Å². The lowest BCUT2D eigenvalue weighted by molar-refractivity contribution is 0.134. The van der Waals surface area contributed by atoms with E-state index in [1.54, 1.807) is 12.1 Å². The van der Waals surface area contributed by atoms with Crippen LogP contribution in [0.5, 0.6) is 0 Å². The average molecular weight is 280 g/mol. The number of aryl methyl sites for hydroxylation is 1. The second-order valence-corrected chi connectivity index (χ2v) is 5.11. The minimum Gasteiger partial charge on any atom is -0.465 e. The van der Waals surface area contributed by atoms with Crippen molar-refractivity contribution < 1.29 is 9.52 Å². The van der Waals surface area contributed by atoms with Gasteiger partial charge in [0, 0.05) is 11.1 Å². The van der Waals surface area contributed by atoms with E-state index in [0.717, 1.165) is 17.1 Å². The minimum absolute atomic E-state index is 0.0772. The zero-order valence-electron chi connectivity index (χ0n) is 11.1. The Morgan fingerprint density at radius 2 is 1.89 bits per heavy atom. The first-order valence-electron chi connectivity index (χ1n) is 6.28. The molecule has 0 saturated carbocycles. The van der Waals surface area contributed by atoms with Crippen LogP contribution in [0.15, 0.2) is 40.8 Å². The highest BCUT2D eigenvalue weighted by molar-refractivity contribution is 6.30. The lowest BCUT2D eigenvalue weighted by Crippen LogP contribution is -2.31. The molecule has 1 aromatic carbocycles. The van der Waals surface area contributed by atoms with Gasteiger partial charge in [-0.25, -0.2) is 0 Å². The predicted molar refractivity (Wildman–Crippen MR) is 76.2 cm³/mol. The molecule has 0 bridgehead atoms. The van der Waals surface area contributed by atoms with Gasteiger partial charge < -0.3 is 14.8 Å². The van der Waals surface area contributed by atoms with E-state index in [0.29, 0.717) is 11.6 Å². The minimum atomic E-state index is -0.576. The zero-order valence-corrected chi connectivity index (χ0v) is 11.8. The van der Waals surface area contributed by atoms with Gasteiger partial charge in [-0.3, -0.25) is 0 Å². The molecular formula is C15H18ClNO2. The van der Waals surface area contributed by atoms with Crippen LogP contribution in [0.1, 0.15) is 30.1 Å². The summed E-state index contributed by atoms with van der Waals surface area (Å²) in [6, 6.07) is 11.0. The molecule has 0 radical (unpaired) electrons. The molecule has 2 rings (SSSR count). The molecule has 1 aromatic heterocycles. The van der Waals surface area contributed by atoms with Crippen LogP contribution in [0.3, 0.4) is 0 Å². The third kappa shape index (κ3) is 3.83. The summed E-state index contributed by atoms with van der Waals surface area (Å²) in [6.07, 6.45) is -0.576. The number of aliphatic hydroxyl groups excluding tert-OH is 1. The maximum Gasteiger partial charge on any atom is 0.117 e. The van der Waals surface area contributed by atoms with Crippen molar-refractivity contribution >= 4 is 11.6 Å². The molecule has 0 aliphatic rings. The summed E-state index contributed by atoms with van der Waals surface area (Å²) in [5, 5.41) is 14.1. The van der Waals surface area contributed by atoms with E-state index in [4.69, 9.17) is 16.0 Å². The van der Waals surface area contributed by atoms with Crippen molar-refractivity contribution in [2.24, 2.45) is 0 Å². The molecule has 102 valence electrons. The Balaban J connectivity index is 1.92. The zero-order chi connectivity index (χ0) is 13.8. The molecule has 0 aliphatic heterocycles. The first-order chi connectivity index (χ1) is 9.06. The largest absolute Gasteiger partial charge is 0.465 e. The summed E-state index contributed by atoms with van der Waals surface area (Å²) < 4.78 is 5.47. The normalized spacial score (nSPS) is 14.3. The predicted octanol–water partition coefficient (Wildman–Crippen LogP) is 3.45. The quantitative estimate of drug-likeness (QED) is 0.881. The van der Waals surface area contributed by atoms with Crippen molar-refractivity contribution in [3.8, 4) is 0 Å². The number of hydrogen-bond acceptors (Lipinski definition) is 3. The summed E-state index contributed by atoms with van der Waals surface area (Å²) in [5.74, 6) is 1.76. The molecule has 2 unspecified atom stereocenters. The third-order valence-electron chi connectivity index (χ3n) is 3.08. The van der Waals surface area contributed by atoms with E-state index in [2.05, 4.69) is 5.32 Å². The van der Waals surface area contributed by atoms with Gasteiger partial charge in [-0.2, -0.15) is 0 Å². The summed E-state index contributed by atoms with van der Waals surface area (Å²) in [4.78, 5) is 0. The van der Waals surface area contributed by atoms with Gasteiger partial charge in [-0.15, -0.1) is 0 Å². The number of benzene rings is 1. The van der Waals surface area contributed by atoms with E-state index in [-0.39, 0.29) is 6.04 Å². The monoisotopic (exact) mass is 279 g/mol. The molecule has 4 heteroatoms. The number of aliphatic hydroxyl groups is 1. The van der Waals surface area contributed by atoms with Crippen LogP contribution in [-0.2, 0) is 6.54 Å². The van der Waals surface area contributed by atoms with Crippen LogP contribution in [0.25, 0.3) is 0 Å². The van der Waals surface area contributed by atoms with Crippen LogP contribution < -0.4 is 5.32 Å². The van der Waals surface area contributed by atoms with Crippen LogP contribution in [-0.4, -0.2) is 11.1 Å². The molecule has 3 nitrogen and oxygen atoms in total. The lowest BCUT2D eigenvalue weighted by atomic mass is 10.0. The van der Waals surface area contributed by atoms with Crippen molar-refractivity contribution in [3.05, 3.63) is 58.5 Å². The molecule has 2 aromatic rings. The first-order valence-corrected chi connectivity index (χ1v) is 6.66. The van der Waals surface area contributed by atoms with Gasteiger partial charge in [0.1, 0.15) is 11.5 Å². The number of hydrogen-bond donors (Lipinski definition) is 2. The number of nitrogens with one attached hydrogen (secondary N) is 1. The SMILES string of the molecule is Cc1ccc(CNC(C)C(O)c2ccc(Cl)cc2)o1. The molecule has 0 saturated heterocycles. The van der Waals surface area contributed by atoms with Crippen LogP contribution in [0.4, 0.5) is 0 Å². The van der Waals surface area contributed by atoms with E-state index in [9.17, 15) is 5.11 Å². The van der Waals surface area contributed by atoms with Gasteiger partial charge in [0.25, 0.3) is 0 Å². The van der Waals surface area contributed by atoms with Gasteiger partial charge in [0.05, 0.1) is 12.6 Å². The second-order valence-electron chi connectivity index (χ2n) is 4.68. The summed E-state index contributed by atoms with van der Waals surface area (Å²) >= 11 is 5.83. The molecule has 2 atom stereocenters. The third-order valence-corrected chi connectivity index (χ3v) is 3.33. The van der Waals surface area contributed by atoms with E-state index in [1.165, 1.54) is 0 Å². The van der Waals surface area contributed by atoms with E-state index < -0.39 is 6.10 Å². The molecular weight excluding hydrogens is 262 g/mol. The second kappa shape index (κ2) is 6.24. The number of halogens is 1. The van der Waals surface area contributed by atoms with Crippen molar-refractivity contribution in [2.75, 3.05) is 0 Å². The van der Waals surface area contributed by atoms with Crippen LogP contribution >= 0.6 is 11.6 Å². The Bertz CT molecular complexity index is 521. The maximum absolute atomic E-state index is 10.2. The Hall–Kier alpha value is -1.29. The molecule has 2 N–H and O–H groups in total. The Morgan fingerprint density at radius 3 is 2.47 bits per heavy atom. The van der Waals surface area contributed by atoms with E-state index >= 15 is 0 Å². The lowest BCUT2D eigenvalue weighted by Gasteiger charge is -2.20. The highest BCUT2D eigenvalue weighted by atomic mass is 35.5. The molecule has 19 heavy (non-hydrogen) atoms. The van der Waals surface area contributed by atoms with Gasteiger partial charge in [-0.05, 0) is 43.7 Å². The van der Waals surface area contributed by atoms with Crippen molar-refractivity contribution in [1.82, 2.24) is 5.32 Å². The summed E-state index contributed by atoms with van der Waals surface area (Å²) in [5.41, 5.74) is 0.847. The van der Waals surface area contributed by atoms with Crippen molar-refractivity contribution in [3.63, 3.8) is 0 Å². The molecule has 0 fully saturated rings. The van der Waals surface area contributed by atoms with Crippen LogP contribution in [0.2, 0.25) is 5.02 Å². The molecule has 0 aliphatic carbocycles. The van der Waals surface area contributed by atoms with Crippen molar-refractivity contribution in [2.45, 2.75) is 32.5 Å². The fraction of sp³-hybridized carbons (Fsp3) is 0.333. The highest BCUT2D eigenvalue weighted by Crippen LogP contribution is 2.19. The highest BCUT2D eigenvalue weighted by Gasteiger charge is 2.16. The smallest absolute Gasteiger partial charge is 0.117 e. The topological polar surface area (TPSA) is 45.4 Å². The molecule has 1 heterocycles. The molecule has 0 amide bonds. The van der Waals surface area contributed by atoms with Gasteiger partial charge >= 0.3 is 0 Å². The number of rotatable bonds is 5. The maximum atomic E-state index is 10.2. The van der Waals surface area contributed by atoms with E-state index in [1.807, 2.05) is 38.1 Å². The first kappa shape index (κ1) is 14.1. The van der Waals surface area contributed by atoms with Gasteiger partial charge in [0.15, 0.2) is 0 Å². The van der Waals surface area contributed by atoms with Crippen molar-refractivity contribution in [1.29, 1.82) is 0 Å². The standard InChI is InChI=1S/C15H18ClNO2/c1-10-3-8-14(19-10)9-17-11(2)15(18)12-4-6-13(16)7-5-12/h3-8,11,15,17-18H,9H2,1-2H3. The number of furan rings is 1. The van der Waals surface area contributed by atoms with Gasteiger partial charge in [-0.1, -0.05) is 23.7 Å². The fourth-order valence-corrected chi connectivity index (χ4v) is 2.03. The average Bonchev–Trinajstić information content (AvgIpc) is 2.82. The summed E-state index contributed by atoms with van der Waals surface area (Å²) in [7, 11) is 0. The van der Waals surface area contributed by atoms with Crippen LogP contribution in [0, 0.1) is 6.92 Å². The summed E-state index contributed by atoms with van der Waals surface area (Å²) in [6.45, 7) is 4.45. The van der Waals surface area contributed by atoms with Gasteiger partial charge in [0.2, 0.25) is 0 Å². The Morgan fingerprint density at radius 1 is 1.21 bits per heavy atom. The molecule has 0 spiro atoms. The Kier molecular flexibility index (Phi) is 4.64.